The molecule has 0 amide bonds. The monoisotopic (exact) mass is 295 g/mol. The molecule has 1 aromatic carbocycles. The second kappa shape index (κ2) is 7.09. The van der Waals surface area contributed by atoms with E-state index in [-0.39, 0.29) is 23.8 Å². The van der Waals surface area contributed by atoms with Crippen LogP contribution in [0.4, 0.5) is 0 Å². The molecule has 4 heteroatoms. The lowest BCUT2D eigenvalue weighted by atomic mass is 9.71. The van der Waals surface area contributed by atoms with Crippen molar-refractivity contribution in [2.24, 2.45) is 11.7 Å². The molecule has 20 heavy (non-hydrogen) atoms. The average Bonchev–Trinajstić information content (AvgIpc) is 2.39. The third-order valence-electron chi connectivity index (χ3n) is 4.05. The van der Waals surface area contributed by atoms with Crippen LogP contribution < -0.4 is 5.73 Å². The van der Waals surface area contributed by atoms with Crippen LogP contribution in [0.2, 0.25) is 5.02 Å². The van der Waals surface area contributed by atoms with Crippen LogP contribution in [0.5, 0.6) is 0 Å². The average molecular weight is 296 g/mol. The van der Waals surface area contributed by atoms with E-state index in [0.717, 1.165) is 29.8 Å². The highest BCUT2D eigenvalue weighted by atomic mass is 35.5. The topological polar surface area (TPSA) is 52.3 Å². The molecular weight excluding hydrogens is 274 g/mol. The summed E-state index contributed by atoms with van der Waals surface area (Å²) < 4.78 is 5.08. The van der Waals surface area contributed by atoms with Crippen LogP contribution in [0.1, 0.15) is 44.1 Å². The number of carbonyl (C=O) groups is 1. The molecule has 0 saturated heterocycles. The molecule has 110 valence electrons. The molecule has 2 N–H and O–H groups in total. The maximum absolute atomic E-state index is 11.8. The number of rotatable bonds is 4. The number of esters is 1. The Morgan fingerprint density at radius 2 is 2.25 bits per heavy atom. The summed E-state index contributed by atoms with van der Waals surface area (Å²) in [7, 11) is 0. The number of hydrogen-bond donors (Lipinski definition) is 1. The first kappa shape index (κ1) is 15.3. The standard InChI is InChI=1S/C16H22ClNO2/c1-2-20-15(19)10-12-6-4-8-14(18)16(12)11-5-3-7-13(17)9-11/h3,5,7,9,12,14,16H,2,4,6,8,10,18H2,1H3. The van der Waals surface area contributed by atoms with E-state index in [4.69, 9.17) is 22.1 Å². The molecule has 1 fully saturated rings. The number of benzene rings is 1. The van der Waals surface area contributed by atoms with Crippen molar-refractivity contribution < 1.29 is 9.53 Å². The van der Waals surface area contributed by atoms with Gasteiger partial charge in [0.1, 0.15) is 0 Å². The van der Waals surface area contributed by atoms with Crippen molar-refractivity contribution in [2.75, 3.05) is 6.61 Å². The van der Waals surface area contributed by atoms with Gasteiger partial charge in [0.25, 0.3) is 0 Å². The summed E-state index contributed by atoms with van der Waals surface area (Å²) in [4.78, 5) is 11.8. The molecule has 0 bridgehead atoms. The smallest absolute Gasteiger partial charge is 0.306 e. The van der Waals surface area contributed by atoms with Crippen molar-refractivity contribution in [3.63, 3.8) is 0 Å². The molecule has 1 aliphatic carbocycles. The summed E-state index contributed by atoms with van der Waals surface area (Å²) in [5.74, 6) is 0.307. The molecule has 3 unspecified atom stereocenters. The van der Waals surface area contributed by atoms with Gasteiger partial charge in [-0.05, 0) is 43.4 Å². The van der Waals surface area contributed by atoms with Gasteiger partial charge in [0.15, 0.2) is 0 Å². The fourth-order valence-electron chi connectivity index (χ4n) is 3.22. The van der Waals surface area contributed by atoms with Gasteiger partial charge in [-0.1, -0.05) is 30.2 Å². The summed E-state index contributed by atoms with van der Waals surface area (Å²) in [5.41, 5.74) is 7.44. The fourth-order valence-corrected chi connectivity index (χ4v) is 3.42. The highest BCUT2D eigenvalue weighted by Gasteiger charge is 2.34. The molecule has 0 radical (unpaired) electrons. The van der Waals surface area contributed by atoms with E-state index in [2.05, 4.69) is 6.07 Å². The van der Waals surface area contributed by atoms with E-state index >= 15 is 0 Å². The highest BCUT2D eigenvalue weighted by Crippen LogP contribution is 2.39. The van der Waals surface area contributed by atoms with Crippen molar-refractivity contribution in [3.8, 4) is 0 Å². The van der Waals surface area contributed by atoms with Gasteiger partial charge in [-0.2, -0.15) is 0 Å². The van der Waals surface area contributed by atoms with Crippen molar-refractivity contribution in [3.05, 3.63) is 34.9 Å². The number of halogens is 1. The van der Waals surface area contributed by atoms with E-state index in [9.17, 15) is 4.79 Å². The van der Waals surface area contributed by atoms with Crippen molar-refractivity contribution in [1.29, 1.82) is 0 Å². The third kappa shape index (κ3) is 3.74. The first-order chi connectivity index (χ1) is 9.61. The molecule has 3 nitrogen and oxygen atoms in total. The zero-order valence-corrected chi connectivity index (χ0v) is 12.6. The van der Waals surface area contributed by atoms with Gasteiger partial charge >= 0.3 is 5.97 Å². The van der Waals surface area contributed by atoms with E-state index in [1.54, 1.807) is 0 Å². The SMILES string of the molecule is CCOC(=O)CC1CCCC(N)C1c1cccc(Cl)c1. The summed E-state index contributed by atoms with van der Waals surface area (Å²) in [6.07, 6.45) is 3.53. The Labute approximate surface area is 125 Å². The lowest BCUT2D eigenvalue weighted by Crippen LogP contribution is -2.38. The minimum absolute atomic E-state index is 0.0849. The molecule has 1 aliphatic rings. The Hall–Kier alpha value is -1.06. The van der Waals surface area contributed by atoms with Gasteiger partial charge < -0.3 is 10.5 Å². The fraction of sp³-hybridized carbons (Fsp3) is 0.562. The molecule has 0 heterocycles. The normalized spacial score (nSPS) is 26.2. The van der Waals surface area contributed by atoms with Crippen LogP contribution in [0.3, 0.4) is 0 Å². The molecule has 3 atom stereocenters. The molecule has 2 rings (SSSR count). The lowest BCUT2D eigenvalue weighted by Gasteiger charge is -2.36. The van der Waals surface area contributed by atoms with Crippen molar-refractivity contribution in [2.45, 2.75) is 44.6 Å². The predicted molar refractivity (Wildman–Crippen MR) is 80.8 cm³/mol. The van der Waals surface area contributed by atoms with Crippen LogP contribution >= 0.6 is 11.6 Å². The van der Waals surface area contributed by atoms with Gasteiger partial charge in [-0.25, -0.2) is 0 Å². The molecule has 0 spiro atoms. The first-order valence-corrected chi connectivity index (χ1v) is 7.66. The number of carbonyl (C=O) groups excluding carboxylic acids is 1. The Balaban J connectivity index is 2.18. The van der Waals surface area contributed by atoms with Crippen LogP contribution in [0, 0.1) is 5.92 Å². The third-order valence-corrected chi connectivity index (χ3v) is 4.28. The van der Waals surface area contributed by atoms with E-state index in [1.165, 1.54) is 0 Å². The summed E-state index contributed by atoms with van der Waals surface area (Å²) in [6, 6.07) is 7.91. The summed E-state index contributed by atoms with van der Waals surface area (Å²) in [6.45, 7) is 2.26. The maximum Gasteiger partial charge on any atom is 0.306 e. The number of hydrogen-bond acceptors (Lipinski definition) is 3. The first-order valence-electron chi connectivity index (χ1n) is 7.28. The molecule has 0 aliphatic heterocycles. The van der Waals surface area contributed by atoms with Crippen LogP contribution in [0.15, 0.2) is 24.3 Å². The van der Waals surface area contributed by atoms with Gasteiger partial charge in [-0.15, -0.1) is 0 Å². The zero-order valence-electron chi connectivity index (χ0n) is 11.8. The summed E-state index contributed by atoms with van der Waals surface area (Å²) in [5, 5.41) is 0.718. The van der Waals surface area contributed by atoms with Gasteiger partial charge in [0.2, 0.25) is 0 Å². The summed E-state index contributed by atoms with van der Waals surface area (Å²) >= 11 is 6.08. The van der Waals surface area contributed by atoms with Crippen LogP contribution in [-0.4, -0.2) is 18.6 Å². The molecule has 0 aromatic heterocycles. The second-order valence-electron chi connectivity index (χ2n) is 5.44. The maximum atomic E-state index is 11.8. The van der Waals surface area contributed by atoms with Gasteiger partial charge in [0.05, 0.1) is 6.61 Å². The Morgan fingerprint density at radius 3 is 2.95 bits per heavy atom. The Morgan fingerprint density at radius 1 is 1.45 bits per heavy atom. The molecular formula is C16H22ClNO2. The quantitative estimate of drug-likeness (QED) is 0.865. The van der Waals surface area contributed by atoms with Crippen molar-refractivity contribution in [1.82, 2.24) is 0 Å². The number of ether oxygens (including phenoxy) is 1. The van der Waals surface area contributed by atoms with Crippen LogP contribution in [0.25, 0.3) is 0 Å². The van der Waals surface area contributed by atoms with Gasteiger partial charge in [0, 0.05) is 23.4 Å². The molecule has 1 aromatic rings. The lowest BCUT2D eigenvalue weighted by molar-refractivity contribution is -0.144. The Kier molecular flexibility index (Phi) is 5.44. The second-order valence-corrected chi connectivity index (χ2v) is 5.88. The minimum Gasteiger partial charge on any atom is -0.466 e. The zero-order chi connectivity index (χ0) is 14.5. The highest BCUT2D eigenvalue weighted by molar-refractivity contribution is 6.30. The van der Waals surface area contributed by atoms with E-state index in [1.807, 2.05) is 25.1 Å². The van der Waals surface area contributed by atoms with E-state index in [0.29, 0.717) is 13.0 Å². The largest absolute Gasteiger partial charge is 0.466 e. The molecule has 1 saturated carbocycles. The van der Waals surface area contributed by atoms with Crippen LogP contribution in [-0.2, 0) is 9.53 Å². The van der Waals surface area contributed by atoms with E-state index < -0.39 is 0 Å². The minimum atomic E-state index is -0.126. The van der Waals surface area contributed by atoms with Gasteiger partial charge in [-0.3, -0.25) is 4.79 Å². The Bertz CT molecular complexity index is 464. The predicted octanol–water partition coefficient (Wildman–Crippen LogP) is 3.50. The number of nitrogens with two attached hydrogens (primary N) is 1. The van der Waals surface area contributed by atoms with Crippen molar-refractivity contribution >= 4 is 17.6 Å².